The van der Waals surface area contributed by atoms with E-state index in [1.54, 1.807) is 54.2 Å². The second-order valence-electron chi connectivity index (χ2n) is 7.39. The van der Waals surface area contributed by atoms with E-state index in [0.29, 0.717) is 22.2 Å². The standard InChI is InChI=1S/C23H21ClFN3O4S/c1-15(27-33(29,30)20-5-3-4-19(11-20)31-2)14-32-23-10-16-13-26-28(22(16)12-21(23)24)18-8-6-17(25)7-9-18/h3-13,15,27H,14H2,1-2H3/t15-/m0/s1. The van der Waals surface area contributed by atoms with Gasteiger partial charge in [0.05, 0.1) is 40.5 Å². The van der Waals surface area contributed by atoms with E-state index in [4.69, 9.17) is 21.1 Å². The maximum Gasteiger partial charge on any atom is 0.241 e. The zero-order chi connectivity index (χ0) is 23.6. The van der Waals surface area contributed by atoms with Gasteiger partial charge >= 0.3 is 0 Å². The van der Waals surface area contributed by atoms with Gasteiger partial charge in [-0.25, -0.2) is 22.2 Å². The molecule has 0 aliphatic rings. The van der Waals surface area contributed by atoms with Gasteiger partial charge in [-0.05, 0) is 55.5 Å². The maximum atomic E-state index is 13.2. The molecule has 1 N–H and O–H groups in total. The van der Waals surface area contributed by atoms with E-state index >= 15 is 0 Å². The Balaban J connectivity index is 1.47. The third-order valence-corrected chi connectivity index (χ3v) is 6.77. The Morgan fingerprint density at radius 2 is 1.91 bits per heavy atom. The van der Waals surface area contributed by atoms with Crippen molar-refractivity contribution in [2.24, 2.45) is 0 Å². The molecule has 0 saturated heterocycles. The predicted molar refractivity (Wildman–Crippen MR) is 124 cm³/mol. The number of sulfonamides is 1. The zero-order valence-electron chi connectivity index (χ0n) is 17.8. The van der Waals surface area contributed by atoms with Gasteiger partial charge in [-0.2, -0.15) is 5.10 Å². The van der Waals surface area contributed by atoms with Crippen LogP contribution in [0.2, 0.25) is 5.02 Å². The number of hydrogen-bond donors (Lipinski definition) is 1. The lowest BCUT2D eigenvalue weighted by atomic mass is 10.2. The molecule has 0 radical (unpaired) electrons. The lowest BCUT2D eigenvalue weighted by Gasteiger charge is -2.16. The first-order valence-corrected chi connectivity index (χ1v) is 11.9. The van der Waals surface area contributed by atoms with Crippen molar-refractivity contribution in [3.63, 3.8) is 0 Å². The summed E-state index contributed by atoms with van der Waals surface area (Å²) in [4.78, 5) is 0.0985. The van der Waals surface area contributed by atoms with Crippen molar-refractivity contribution in [3.8, 4) is 17.2 Å². The van der Waals surface area contributed by atoms with Crippen LogP contribution in [-0.4, -0.2) is 38.0 Å². The Morgan fingerprint density at radius 1 is 1.15 bits per heavy atom. The summed E-state index contributed by atoms with van der Waals surface area (Å²) in [6.45, 7) is 1.75. The number of hydrogen-bond acceptors (Lipinski definition) is 5. The first-order chi connectivity index (χ1) is 15.8. The van der Waals surface area contributed by atoms with Crippen LogP contribution >= 0.6 is 11.6 Å². The van der Waals surface area contributed by atoms with Crippen LogP contribution in [-0.2, 0) is 10.0 Å². The van der Waals surface area contributed by atoms with Gasteiger partial charge in [0.1, 0.15) is 23.9 Å². The molecular weight excluding hydrogens is 469 g/mol. The average Bonchev–Trinajstić information content (AvgIpc) is 3.20. The van der Waals surface area contributed by atoms with Crippen molar-refractivity contribution in [3.05, 3.63) is 77.7 Å². The van der Waals surface area contributed by atoms with Crippen LogP contribution in [0.4, 0.5) is 4.39 Å². The monoisotopic (exact) mass is 489 g/mol. The van der Waals surface area contributed by atoms with Crippen molar-refractivity contribution < 1.29 is 22.3 Å². The summed E-state index contributed by atoms with van der Waals surface area (Å²) in [5.41, 5.74) is 1.42. The molecule has 7 nitrogen and oxygen atoms in total. The van der Waals surface area contributed by atoms with Crippen LogP contribution in [0.25, 0.3) is 16.6 Å². The third kappa shape index (κ3) is 5.11. The van der Waals surface area contributed by atoms with Gasteiger partial charge in [-0.15, -0.1) is 0 Å². The van der Waals surface area contributed by atoms with E-state index in [-0.39, 0.29) is 17.3 Å². The summed E-state index contributed by atoms with van der Waals surface area (Å²) in [6, 6.07) is 15.1. The molecule has 0 fully saturated rings. The quantitative estimate of drug-likeness (QED) is 0.392. The largest absolute Gasteiger partial charge is 0.497 e. The van der Waals surface area contributed by atoms with Gasteiger partial charge in [0.25, 0.3) is 0 Å². The van der Waals surface area contributed by atoms with Crippen LogP contribution in [0.1, 0.15) is 6.92 Å². The molecule has 0 aliphatic carbocycles. The van der Waals surface area contributed by atoms with Crippen molar-refractivity contribution in [2.75, 3.05) is 13.7 Å². The minimum atomic E-state index is -3.75. The predicted octanol–water partition coefficient (Wildman–Crippen LogP) is 4.57. The van der Waals surface area contributed by atoms with E-state index < -0.39 is 16.1 Å². The van der Waals surface area contributed by atoms with Gasteiger partial charge in [0, 0.05) is 11.5 Å². The molecule has 0 bridgehead atoms. The summed E-state index contributed by atoms with van der Waals surface area (Å²) >= 11 is 6.41. The van der Waals surface area contributed by atoms with Crippen LogP contribution in [0.15, 0.2) is 71.8 Å². The molecule has 0 unspecified atom stereocenters. The van der Waals surface area contributed by atoms with Crippen LogP contribution < -0.4 is 14.2 Å². The Morgan fingerprint density at radius 3 is 2.64 bits per heavy atom. The topological polar surface area (TPSA) is 82.5 Å². The summed E-state index contributed by atoms with van der Waals surface area (Å²) in [6.07, 6.45) is 1.65. The van der Waals surface area contributed by atoms with Gasteiger partial charge in [0.2, 0.25) is 10.0 Å². The lowest BCUT2D eigenvalue weighted by Crippen LogP contribution is -2.36. The summed E-state index contributed by atoms with van der Waals surface area (Å²) in [5, 5.41) is 5.46. The SMILES string of the molecule is COc1cccc(S(=O)(=O)N[C@@H](C)COc2cc3cnn(-c4ccc(F)cc4)c3cc2Cl)c1. The van der Waals surface area contributed by atoms with Gasteiger partial charge in [-0.3, -0.25) is 0 Å². The molecule has 4 rings (SSSR count). The number of aromatic nitrogens is 2. The fourth-order valence-corrected chi connectivity index (χ4v) is 4.75. The minimum Gasteiger partial charge on any atom is -0.497 e. The number of nitrogens with zero attached hydrogens (tertiary/aromatic N) is 2. The van der Waals surface area contributed by atoms with Gasteiger partial charge in [-0.1, -0.05) is 17.7 Å². The Kier molecular flexibility index (Phi) is 6.55. The Hall–Kier alpha value is -3.14. The average molecular weight is 490 g/mol. The second kappa shape index (κ2) is 9.38. The molecule has 0 amide bonds. The maximum absolute atomic E-state index is 13.2. The molecule has 0 saturated carbocycles. The molecule has 0 spiro atoms. The van der Waals surface area contributed by atoms with E-state index in [2.05, 4.69) is 9.82 Å². The highest BCUT2D eigenvalue weighted by atomic mass is 35.5. The number of nitrogens with one attached hydrogen (secondary N) is 1. The molecule has 3 aromatic carbocycles. The molecule has 0 aliphatic heterocycles. The Labute approximate surface area is 195 Å². The molecule has 4 aromatic rings. The molecule has 10 heteroatoms. The van der Waals surface area contributed by atoms with E-state index in [1.807, 2.05) is 0 Å². The number of fused-ring (bicyclic) bond motifs is 1. The molecule has 33 heavy (non-hydrogen) atoms. The molecular formula is C23H21ClFN3O4S. The molecule has 1 atom stereocenters. The summed E-state index contributed by atoms with van der Waals surface area (Å²) < 4.78 is 53.6. The number of methoxy groups -OCH3 is 1. The van der Waals surface area contributed by atoms with E-state index in [1.165, 1.54) is 31.4 Å². The van der Waals surface area contributed by atoms with Crippen LogP contribution in [0, 0.1) is 5.82 Å². The van der Waals surface area contributed by atoms with Crippen molar-refractivity contribution >= 4 is 32.5 Å². The minimum absolute atomic E-state index is 0.0561. The normalized spacial score (nSPS) is 12.6. The smallest absolute Gasteiger partial charge is 0.241 e. The molecule has 1 aromatic heterocycles. The summed E-state index contributed by atoms with van der Waals surface area (Å²) in [5.74, 6) is 0.512. The number of benzene rings is 3. The molecule has 1 heterocycles. The Bertz CT molecular complexity index is 1390. The highest BCUT2D eigenvalue weighted by Gasteiger charge is 2.19. The van der Waals surface area contributed by atoms with E-state index in [0.717, 1.165) is 10.9 Å². The van der Waals surface area contributed by atoms with E-state index in [9.17, 15) is 12.8 Å². The highest BCUT2D eigenvalue weighted by molar-refractivity contribution is 7.89. The fourth-order valence-electron chi connectivity index (χ4n) is 3.28. The van der Waals surface area contributed by atoms with Gasteiger partial charge in [0.15, 0.2) is 0 Å². The van der Waals surface area contributed by atoms with Crippen LogP contribution in [0.3, 0.4) is 0 Å². The first kappa shape index (κ1) is 23.0. The lowest BCUT2D eigenvalue weighted by molar-refractivity contribution is 0.288. The first-order valence-electron chi connectivity index (χ1n) is 9.99. The van der Waals surface area contributed by atoms with Crippen molar-refractivity contribution in [2.45, 2.75) is 17.9 Å². The third-order valence-electron chi connectivity index (χ3n) is 4.89. The zero-order valence-corrected chi connectivity index (χ0v) is 19.4. The van der Waals surface area contributed by atoms with Crippen LogP contribution in [0.5, 0.6) is 11.5 Å². The van der Waals surface area contributed by atoms with Crippen molar-refractivity contribution in [1.82, 2.24) is 14.5 Å². The highest BCUT2D eigenvalue weighted by Crippen LogP contribution is 2.31. The second-order valence-corrected chi connectivity index (χ2v) is 9.51. The number of rotatable bonds is 8. The van der Waals surface area contributed by atoms with Gasteiger partial charge < -0.3 is 9.47 Å². The number of halogens is 2. The summed E-state index contributed by atoms with van der Waals surface area (Å²) in [7, 11) is -2.28. The number of ether oxygens (including phenoxy) is 2. The fraction of sp³-hybridized carbons (Fsp3) is 0.174. The molecule has 172 valence electrons. The van der Waals surface area contributed by atoms with Crippen molar-refractivity contribution in [1.29, 1.82) is 0 Å².